The van der Waals surface area contributed by atoms with Crippen molar-refractivity contribution in [2.24, 2.45) is 0 Å². The van der Waals surface area contributed by atoms with Crippen LogP contribution < -0.4 is 10.9 Å². The summed E-state index contributed by atoms with van der Waals surface area (Å²) in [4.78, 5) is 2.14. The molecule has 1 saturated heterocycles. The van der Waals surface area contributed by atoms with E-state index in [4.69, 9.17) is 28.6 Å². The fourth-order valence-electron chi connectivity index (χ4n) is 3.01. The average Bonchev–Trinajstić information content (AvgIpc) is 2.73. The highest BCUT2D eigenvalue weighted by molar-refractivity contribution is 6.35. The quantitative estimate of drug-likeness (QED) is 0.423. The minimum atomic E-state index is 0.119. The summed E-state index contributed by atoms with van der Waals surface area (Å²) < 4.78 is 0. The molecule has 1 aliphatic heterocycles. The highest BCUT2D eigenvalue weighted by Crippen LogP contribution is 2.35. The number of allylic oxidation sites excluding steroid dienone is 1. The maximum absolute atomic E-state index is 8.49. The largest absolute Gasteiger partial charge is 0.350 e. The smallest absolute Gasteiger partial charge is 0.122 e. The van der Waals surface area contributed by atoms with Gasteiger partial charge in [0.1, 0.15) is 5.84 Å². The molecular weight excluding hydrogens is 331 g/mol. The zero-order valence-corrected chi connectivity index (χ0v) is 15.1. The van der Waals surface area contributed by atoms with Crippen molar-refractivity contribution in [3.05, 3.63) is 45.6 Å². The van der Waals surface area contributed by atoms with Gasteiger partial charge in [-0.05, 0) is 37.5 Å². The second-order valence-electron chi connectivity index (χ2n) is 5.81. The van der Waals surface area contributed by atoms with E-state index in [0.29, 0.717) is 15.9 Å². The molecule has 0 aliphatic carbocycles. The summed E-state index contributed by atoms with van der Waals surface area (Å²) >= 11 is 12.4. The van der Waals surface area contributed by atoms with Crippen molar-refractivity contribution in [2.75, 3.05) is 13.6 Å². The lowest BCUT2D eigenvalue weighted by Gasteiger charge is -2.32. The van der Waals surface area contributed by atoms with E-state index < -0.39 is 0 Å². The van der Waals surface area contributed by atoms with Crippen molar-refractivity contribution >= 4 is 29.0 Å². The number of halogens is 2. The lowest BCUT2D eigenvalue weighted by Crippen LogP contribution is -2.34. The van der Waals surface area contributed by atoms with Crippen LogP contribution in [0.5, 0.6) is 0 Å². The lowest BCUT2D eigenvalue weighted by molar-refractivity contribution is 0.321. The SMILES string of the molecule is CNNC(C)=CC(=N)N1CCCCCC1c1ccc(Cl)cc1Cl. The first-order valence-corrected chi connectivity index (χ1v) is 8.69. The predicted octanol–water partition coefficient (Wildman–Crippen LogP) is 4.52. The molecule has 1 atom stereocenters. The Morgan fingerprint density at radius 2 is 2.09 bits per heavy atom. The molecule has 0 radical (unpaired) electrons. The molecule has 1 fully saturated rings. The summed E-state index contributed by atoms with van der Waals surface area (Å²) in [5.74, 6) is 0.503. The third-order valence-corrected chi connectivity index (χ3v) is 4.62. The predicted molar refractivity (Wildman–Crippen MR) is 98.1 cm³/mol. The van der Waals surface area contributed by atoms with Crippen molar-refractivity contribution < 1.29 is 0 Å². The molecule has 23 heavy (non-hydrogen) atoms. The molecule has 1 unspecified atom stereocenters. The maximum atomic E-state index is 8.49. The molecule has 0 aromatic heterocycles. The van der Waals surface area contributed by atoms with E-state index in [0.717, 1.165) is 37.1 Å². The van der Waals surface area contributed by atoms with Crippen LogP contribution in [0.1, 0.15) is 44.2 Å². The molecule has 126 valence electrons. The highest BCUT2D eigenvalue weighted by atomic mass is 35.5. The summed E-state index contributed by atoms with van der Waals surface area (Å²) in [6.45, 7) is 2.80. The van der Waals surface area contributed by atoms with E-state index in [9.17, 15) is 0 Å². The molecule has 0 spiro atoms. The van der Waals surface area contributed by atoms with Gasteiger partial charge in [0.05, 0.1) is 6.04 Å². The molecule has 1 aliphatic rings. The van der Waals surface area contributed by atoms with E-state index in [1.165, 1.54) is 6.42 Å². The minimum Gasteiger partial charge on any atom is -0.350 e. The van der Waals surface area contributed by atoms with Gasteiger partial charge in [-0.25, -0.2) is 5.43 Å². The Bertz CT molecular complexity index is 586. The van der Waals surface area contributed by atoms with Crippen LogP contribution >= 0.6 is 23.2 Å². The maximum Gasteiger partial charge on any atom is 0.122 e. The van der Waals surface area contributed by atoms with Gasteiger partial charge in [0, 0.05) is 35.4 Å². The molecule has 2 rings (SSSR count). The van der Waals surface area contributed by atoms with Crippen LogP contribution in [0.2, 0.25) is 10.0 Å². The van der Waals surface area contributed by atoms with E-state index >= 15 is 0 Å². The number of nitrogens with zero attached hydrogens (tertiary/aromatic N) is 1. The average molecular weight is 355 g/mol. The van der Waals surface area contributed by atoms with Gasteiger partial charge < -0.3 is 10.3 Å². The first-order chi connectivity index (χ1) is 11.0. The van der Waals surface area contributed by atoms with Crippen molar-refractivity contribution in [1.82, 2.24) is 15.8 Å². The lowest BCUT2D eigenvalue weighted by atomic mass is 10.0. The summed E-state index contributed by atoms with van der Waals surface area (Å²) in [5, 5.41) is 9.81. The summed E-state index contributed by atoms with van der Waals surface area (Å²) in [5.41, 5.74) is 7.84. The van der Waals surface area contributed by atoms with Gasteiger partial charge in [-0.3, -0.25) is 5.41 Å². The van der Waals surface area contributed by atoms with E-state index in [-0.39, 0.29) is 6.04 Å². The summed E-state index contributed by atoms with van der Waals surface area (Å²) in [7, 11) is 1.81. The van der Waals surface area contributed by atoms with Gasteiger partial charge in [-0.15, -0.1) is 0 Å². The third-order valence-electron chi connectivity index (χ3n) is 4.06. The van der Waals surface area contributed by atoms with Crippen LogP contribution in [0.25, 0.3) is 0 Å². The third kappa shape index (κ3) is 4.87. The van der Waals surface area contributed by atoms with E-state index in [2.05, 4.69) is 15.8 Å². The zero-order valence-electron chi connectivity index (χ0n) is 13.6. The number of hydrogen-bond donors (Lipinski definition) is 3. The second-order valence-corrected chi connectivity index (χ2v) is 6.66. The fraction of sp³-hybridized carbons (Fsp3) is 0.471. The summed E-state index contributed by atoms with van der Waals surface area (Å²) in [6, 6.07) is 5.77. The molecular formula is C17H24Cl2N4. The molecule has 1 heterocycles. The Morgan fingerprint density at radius 1 is 1.30 bits per heavy atom. The topological polar surface area (TPSA) is 51.1 Å². The van der Waals surface area contributed by atoms with Crippen molar-refractivity contribution in [1.29, 1.82) is 5.41 Å². The number of likely N-dealkylation sites (tertiary alicyclic amines) is 1. The van der Waals surface area contributed by atoms with Gasteiger partial charge in [0.25, 0.3) is 0 Å². The van der Waals surface area contributed by atoms with Crippen molar-refractivity contribution in [3.8, 4) is 0 Å². The van der Waals surface area contributed by atoms with Gasteiger partial charge in [0.15, 0.2) is 0 Å². The summed E-state index contributed by atoms with van der Waals surface area (Å²) in [6.07, 6.45) is 6.26. The number of amidine groups is 1. The van der Waals surface area contributed by atoms with Gasteiger partial charge in [-0.2, -0.15) is 0 Å². The van der Waals surface area contributed by atoms with Crippen LogP contribution in [0.3, 0.4) is 0 Å². The Hall–Kier alpha value is -1.23. The molecule has 6 heteroatoms. The Kier molecular flexibility index (Phi) is 6.75. The Morgan fingerprint density at radius 3 is 2.78 bits per heavy atom. The zero-order chi connectivity index (χ0) is 16.8. The first-order valence-electron chi connectivity index (χ1n) is 7.94. The van der Waals surface area contributed by atoms with Gasteiger partial charge in [0.2, 0.25) is 0 Å². The number of rotatable bonds is 4. The highest BCUT2D eigenvalue weighted by Gasteiger charge is 2.25. The molecule has 3 N–H and O–H groups in total. The Labute approximate surface area is 148 Å². The molecule has 1 aromatic rings. The van der Waals surface area contributed by atoms with Crippen LogP contribution in [0.4, 0.5) is 0 Å². The fourth-order valence-corrected chi connectivity index (χ4v) is 3.55. The van der Waals surface area contributed by atoms with Crippen LogP contribution in [-0.4, -0.2) is 24.3 Å². The Balaban J connectivity index is 2.29. The van der Waals surface area contributed by atoms with Crippen molar-refractivity contribution in [3.63, 3.8) is 0 Å². The molecule has 4 nitrogen and oxygen atoms in total. The number of hydrazine groups is 1. The first kappa shape index (κ1) is 18.1. The van der Waals surface area contributed by atoms with E-state index in [1.807, 2.05) is 32.2 Å². The second kappa shape index (κ2) is 8.57. The number of nitrogens with one attached hydrogen (secondary N) is 3. The normalized spacial score (nSPS) is 19.4. The van der Waals surface area contributed by atoms with Crippen LogP contribution in [0.15, 0.2) is 30.0 Å². The number of benzene rings is 1. The minimum absolute atomic E-state index is 0.119. The molecule has 0 amide bonds. The van der Waals surface area contributed by atoms with Gasteiger partial charge in [-0.1, -0.05) is 42.1 Å². The van der Waals surface area contributed by atoms with Crippen molar-refractivity contribution in [2.45, 2.75) is 38.6 Å². The monoisotopic (exact) mass is 354 g/mol. The van der Waals surface area contributed by atoms with Crippen LogP contribution in [-0.2, 0) is 0 Å². The van der Waals surface area contributed by atoms with Crippen LogP contribution in [0, 0.1) is 5.41 Å². The number of hydrogen-bond acceptors (Lipinski definition) is 3. The molecule has 0 bridgehead atoms. The van der Waals surface area contributed by atoms with Gasteiger partial charge >= 0.3 is 0 Å². The van der Waals surface area contributed by atoms with E-state index in [1.54, 1.807) is 6.07 Å². The molecule has 0 saturated carbocycles. The molecule has 1 aromatic carbocycles. The standard InChI is InChI=1S/C17H24Cl2N4/c1-12(22-21-2)10-17(20)23-9-5-3-4-6-16(23)14-8-7-13(18)11-15(14)19/h7-8,10-11,16,20-22H,3-6,9H2,1-2H3.